The molecule has 1 aliphatic rings. The molecule has 1 atom stereocenters. The van der Waals surface area contributed by atoms with Gasteiger partial charge in [0.25, 0.3) is 0 Å². The van der Waals surface area contributed by atoms with Crippen molar-refractivity contribution in [2.24, 2.45) is 5.92 Å². The second-order valence-corrected chi connectivity index (χ2v) is 3.00. The van der Waals surface area contributed by atoms with Gasteiger partial charge in [-0.1, -0.05) is 0 Å². The minimum atomic E-state index is -0.926. The van der Waals surface area contributed by atoms with E-state index in [2.05, 4.69) is 0 Å². The quantitative estimate of drug-likeness (QED) is 0.601. The Morgan fingerprint density at radius 3 is 2.92 bits per heavy atom. The predicted molar refractivity (Wildman–Crippen MR) is 42.6 cm³/mol. The summed E-state index contributed by atoms with van der Waals surface area (Å²) < 4.78 is 0. The van der Waals surface area contributed by atoms with Gasteiger partial charge in [-0.3, -0.25) is 9.59 Å². The summed E-state index contributed by atoms with van der Waals surface area (Å²) in [4.78, 5) is 23.1. The van der Waals surface area contributed by atoms with Crippen molar-refractivity contribution in [2.75, 3.05) is 13.1 Å². The smallest absolute Gasteiger partial charge is 0.307 e. The predicted octanol–water partition coefficient (Wildman–Crippen LogP) is -0.167. The Morgan fingerprint density at radius 2 is 2.46 bits per heavy atom. The van der Waals surface area contributed by atoms with E-state index in [0.717, 1.165) is 0 Å². The average molecular weight is 182 g/mol. The molecule has 1 N–H and O–H groups in total. The van der Waals surface area contributed by atoms with Crippen molar-refractivity contribution >= 4 is 11.9 Å². The van der Waals surface area contributed by atoms with E-state index in [1.165, 1.54) is 4.90 Å². The molecule has 0 radical (unpaired) electrons. The summed E-state index contributed by atoms with van der Waals surface area (Å²) in [6, 6.07) is 1.87. The molecule has 0 aromatic rings. The number of amides is 1. The van der Waals surface area contributed by atoms with Gasteiger partial charge in [-0.05, 0) is 6.42 Å². The lowest BCUT2D eigenvalue weighted by atomic mass is 9.96. The zero-order valence-corrected chi connectivity index (χ0v) is 7.06. The lowest BCUT2D eigenvalue weighted by Crippen LogP contribution is -2.40. The van der Waals surface area contributed by atoms with Crippen LogP contribution >= 0.6 is 0 Å². The Morgan fingerprint density at radius 1 is 1.77 bits per heavy atom. The minimum Gasteiger partial charge on any atom is -0.481 e. The number of aliphatic carboxylic acids is 1. The summed E-state index contributed by atoms with van der Waals surface area (Å²) in [5.41, 5.74) is 0. The van der Waals surface area contributed by atoms with Crippen molar-refractivity contribution < 1.29 is 14.7 Å². The third-order valence-electron chi connectivity index (χ3n) is 2.13. The van der Waals surface area contributed by atoms with E-state index in [1.54, 1.807) is 0 Å². The normalized spacial score (nSPS) is 22.5. The number of carboxylic acids is 1. The molecular formula is C8H10N2O3. The summed E-state index contributed by atoms with van der Waals surface area (Å²) in [6.45, 7) is 0.439. The second kappa shape index (κ2) is 3.90. The number of likely N-dealkylation sites (tertiary alicyclic amines) is 1. The first kappa shape index (κ1) is 9.52. The van der Waals surface area contributed by atoms with E-state index in [1.807, 2.05) is 6.07 Å². The molecule has 1 fully saturated rings. The molecule has 1 rings (SSSR count). The van der Waals surface area contributed by atoms with Crippen LogP contribution in [0.5, 0.6) is 0 Å². The molecule has 0 aromatic carbocycles. The Labute approximate surface area is 75.6 Å². The van der Waals surface area contributed by atoms with Crippen molar-refractivity contribution in [1.29, 1.82) is 5.26 Å². The van der Waals surface area contributed by atoms with Crippen LogP contribution in [0.3, 0.4) is 0 Å². The maximum absolute atomic E-state index is 11.2. The molecule has 13 heavy (non-hydrogen) atoms. The monoisotopic (exact) mass is 182 g/mol. The standard InChI is InChI=1S/C8H10N2O3/c9-2-4-10-3-1-6(8(12)13)5-7(10)11/h6H,1,3-5H2,(H,12,13)/t6-/m1/s1. The van der Waals surface area contributed by atoms with E-state index in [-0.39, 0.29) is 18.9 Å². The number of hydrogen-bond donors (Lipinski definition) is 1. The maximum atomic E-state index is 11.2. The lowest BCUT2D eigenvalue weighted by molar-refractivity contribution is -0.149. The van der Waals surface area contributed by atoms with Crippen LogP contribution in [0.25, 0.3) is 0 Å². The molecule has 1 amide bonds. The average Bonchev–Trinajstić information content (AvgIpc) is 2.08. The van der Waals surface area contributed by atoms with Gasteiger partial charge in [-0.15, -0.1) is 0 Å². The van der Waals surface area contributed by atoms with Crippen molar-refractivity contribution in [2.45, 2.75) is 12.8 Å². The van der Waals surface area contributed by atoms with Crippen LogP contribution in [0.4, 0.5) is 0 Å². The van der Waals surface area contributed by atoms with Crippen molar-refractivity contribution in [3.63, 3.8) is 0 Å². The number of nitriles is 1. The fourth-order valence-electron chi connectivity index (χ4n) is 1.34. The van der Waals surface area contributed by atoms with Gasteiger partial charge in [-0.2, -0.15) is 5.26 Å². The van der Waals surface area contributed by atoms with Crippen molar-refractivity contribution in [1.82, 2.24) is 4.90 Å². The molecule has 0 bridgehead atoms. The van der Waals surface area contributed by atoms with Crippen molar-refractivity contribution in [3.05, 3.63) is 0 Å². The second-order valence-electron chi connectivity index (χ2n) is 3.00. The van der Waals surface area contributed by atoms with Crippen LogP contribution in [0, 0.1) is 17.2 Å². The van der Waals surface area contributed by atoms with Gasteiger partial charge in [0.1, 0.15) is 6.54 Å². The SMILES string of the molecule is N#CCN1CC[C@@H](C(=O)O)CC1=O. The molecule has 0 aliphatic carbocycles. The first-order valence-corrected chi connectivity index (χ1v) is 4.02. The van der Waals surface area contributed by atoms with Gasteiger partial charge in [0.05, 0.1) is 12.0 Å². The lowest BCUT2D eigenvalue weighted by Gasteiger charge is -2.27. The van der Waals surface area contributed by atoms with Gasteiger partial charge in [0.2, 0.25) is 5.91 Å². The summed E-state index contributed by atoms with van der Waals surface area (Å²) in [5, 5.41) is 17.0. The zero-order chi connectivity index (χ0) is 9.84. The maximum Gasteiger partial charge on any atom is 0.307 e. The third kappa shape index (κ3) is 2.18. The topological polar surface area (TPSA) is 81.4 Å². The van der Waals surface area contributed by atoms with Gasteiger partial charge >= 0.3 is 5.97 Å². The van der Waals surface area contributed by atoms with Gasteiger partial charge in [0.15, 0.2) is 0 Å². The Kier molecular flexibility index (Phi) is 2.85. The molecular weight excluding hydrogens is 172 g/mol. The van der Waals surface area contributed by atoms with Crippen LogP contribution in [0.2, 0.25) is 0 Å². The summed E-state index contributed by atoms with van der Waals surface area (Å²) in [7, 11) is 0. The summed E-state index contributed by atoms with van der Waals surface area (Å²) >= 11 is 0. The highest BCUT2D eigenvalue weighted by Crippen LogP contribution is 2.17. The fraction of sp³-hybridized carbons (Fsp3) is 0.625. The molecule has 1 aliphatic heterocycles. The number of hydrogen-bond acceptors (Lipinski definition) is 3. The minimum absolute atomic E-state index is 0.0248. The number of carbonyl (C=O) groups excluding carboxylic acids is 1. The molecule has 0 unspecified atom stereocenters. The molecule has 5 nitrogen and oxygen atoms in total. The molecule has 0 saturated carbocycles. The Balaban J connectivity index is 2.52. The third-order valence-corrected chi connectivity index (χ3v) is 2.13. The highest BCUT2D eigenvalue weighted by molar-refractivity contribution is 5.83. The Hall–Kier alpha value is -1.57. The zero-order valence-electron chi connectivity index (χ0n) is 7.06. The van der Waals surface area contributed by atoms with Crippen LogP contribution in [-0.4, -0.2) is 35.0 Å². The van der Waals surface area contributed by atoms with Crippen LogP contribution in [0.15, 0.2) is 0 Å². The van der Waals surface area contributed by atoms with E-state index < -0.39 is 11.9 Å². The van der Waals surface area contributed by atoms with Crippen molar-refractivity contribution in [3.8, 4) is 6.07 Å². The molecule has 1 saturated heterocycles. The Bertz CT molecular complexity index is 269. The highest BCUT2D eigenvalue weighted by atomic mass is 16.4. The number of carbonyl (C=O) groups is 2. The van der Waals surface area contributed by atoms with E-state index in [9.17, 15) is 9.59 Å². The van der Waals surface area contributed by atoms with E-state index >= 15 is 0 Å². The molecule has 0 spiro atoms. The van der Waals surface area contributed by atoms with Crippen LogP contribution in [-0.2, 0) is 9.59 Å². The van der Waals surface area contributed by atoms with E-state index in [0.29, 0.717) is 13.0 Å². The van der Waals surface area contributed by atoms with Gasteiger partial charge in [-0.25, -0.2) is 0 Å². The highest BCUT2D eigenvalue weighted by Gasteiger charge is 2.29. The largest absolute Gasteiger partial charge is 0.481 e. The number of nitrogens with zero attached hydrogens (tertiary/aromatic N) is 2. The molecule has 70 valence electrons. The number of carboxylic acid groups (broad SMARTS) is 1. The van der Waals surface area contributed by atoms with E-state index in [4.69, 9.17) is 10.4 Å². The molecule has 0 aromatic heterocycles. The number of piperidine rings is 1. The summed E-state index contributed by atoms with van der Waals surface area (Å²) in [5.74, 6) is -1.73. The molecule has 5 heteroatoms. The van der Waals surface area contributed by atoms with Gasteiger partial charge in [0, 0.05) is 13.0 Å². The summed E-state index contributed by atoms with van der Waals surface area (Å²) in [6.07, 6.45) is 0.472. The first-order chi connectivity index (χ1) is 6.15. The van der Waals surface area contributed by atoms with Crippen LogP contribution < -0.4 is 0 Å². The van der Waals surface area contributed by atoms with Gasteiger partial charge < -0.3 is 10.0 Å². The fourth-order valence-corrected chi connectivity index (χ4v) is 1.34. The molecule has 1 heterocycles. The number of rotatable bonds is 2. The first-order valence-electron chi connectivity index (χ1n) is 4.02. The van der Waals surface area contributed by atoms with Crippen LogP contribution in [0.1, 0.15) is 12.8 Å².